The Balaban J connectivity index is 1.66. The molecule has 0 aliphatic carbocycles. The fourth-order valence-corrected chi connectivity index (χ4v) is 4.62. The molecular formula is C21H12ClF3N2O4S. The van der Waals surface area contributed by atoms with Gasteiger partial charge in [-0.1, -0.05) is 11.6 Å². The van der Waals surface area contributed by atoms with E-state index in [2.05, 4.69) is 4.72 Å². The highest BCUT2D eigenvalue weighted by molar-refractivity contribution is 7.92. The quantitative estimate of drug-likeness (QED) is 0.434. The first-order valence-corrected chi connectivity index (χ1v) is 10.8. The number of carbonyl (C=O) groups excluding carboxylic acids is 2. The largest absolute Gasteiger partial charge is 0.280 e. The first-order valence-electron chi connectivity index (χ1n) is 8.96. The highest BCUT2D eigenvalue weighted by atomic mass is 35.5. The van der Waals surface area contributed by atoms with Crippen molar-refractivity contribution in [2.45, 2.75) is 11.8 Å². The second kappa shape index (κ2) is 7.64. The van der Waals surface area contributed by atoms with E-state index < -0.39 is 44.2 Å². The third-order valence-electron chi connectivity index (χ3n) is 4.83. The van der Waals surface area contributed by atoms with Crippen LogP contribution in [0.4, 0.5) is 24.5 Å². The Bertz CT molecular complexity index is 1430. The molecule has 0 bridgehead atoms. The van der Waals surface area contributed by atoms with Crippen molar-refractivity contribution >= 4 is 44.8 Å². The second-order valence-electron chi connectivity index (χ2n) is 6.92. The molecule has 164 valence electrons. The Morgan fingerprint density at radius 2 is 1.56 bits per heavy atom. The van der Waals surface area contributed by atoms with Crippen molar-refractivity contribution < 1.29 is 31.2 Å². The summed E-state index contributed by atoms with van der Waals surface area (Å²) >= 11 is 5.91. The van der Waals surface area contributed by atoms with Gasteiger partial charge in [-0.25, -0.2) is 26.5 Å². The molecule has 3 aromatic carbocycles. The van der Waals surface area contributed by atoms with Crippen molar-refractivity contribution in [1.82, 2.24) is 0 Å². The van der Waals surface area contributed by atoms with E-state index in [1.54, 1.807) is 0 Å². The summed E-state index contributed by atoms with van der Waals surface area (Å²) in [5.41, 5.74) is 0.818. The Kier molecular flexibility index (Phi) is 5.22. The second-order valence-corrected chi connectivity index (χ2v) is 9.00. The molecule has 0 saturated heterocycles. The summed E-state index contributed by atoms with van der Waals surface area (Å²) in [5.74, 6) is -6.45. The lowest BCUT2D eigenvalue weighted by molar-refractivity contribution is 0.0926. The van der Waals surface area contributed by atoms with Gasteiger partial charge in [-0.05, 0) is 61.0 Å². The number of benzene rings is 3. The van der Waals surface area contributed by atoms with Crippen LogP contribution in [0.25, 0.3) is 0 Å². The summed E-state index contributed by atoms with van der Waals surface area (Å²) in [4.78, 5) is 25.3. The van der Waals surface area contributed by atoms with Crippen LogP contribution < -0.4 is 9.62 Å². The standard InChI is InChI=1S/C21H12ClF3N2O4S/c1-10-8-12(26-32(30,31)17-7-5-15(23)18(24)19(17)25)3-6-16(10)27-20(28)13-4-2-11(22)9-14(13)21(27)29/h2-9,26H,1H3. The van der Waals surface area contributed by atoms with Crippen LogP contribution in [0.2, 0.25) is 5.02 Å². The first-order chi connectivity index (χ1) is 15.0. The van der Waals surface area contributed by atoms with Crippen LogP contribution in [-0.2, 0) is 10.0 Å². The fraction of sp³-hybridized carbons (Fsp3) is 0.0476. The monoisotopic (exact) mass is 480 g/mol. The van der Waals surface area contributed by atoms with Gasteiger partial charge in [-0.2, -0.15) is 0 Å². The molecule has 2 amide bonds. The summed E-state index contributed by atoms with van der Waals surface area (Å²) in [6.45, 7) is 1.53. The lowest BCUT2D eigenvalue weighted by atomic mass is 10.1. The molecule has 0 atom stereocenters. The minimum Gasteiger partial charge on any atom is -0.280 e. The van der Waals surface area contributed by atoms with Gasteiger partial charge < -0.3 is 0 Å². The van der Waals surface area contributed by atoms with Gasteiger partial charge in [0.05, 0.1) is 16.8 Å². The van der Waals surface area contributed by atoms with E-state index in [4.69, 9.17) is 11.6 Å². The molecule has 0 spiro atoms. The maximum Gasteiger partial charge on any atom is 0.266 e. The van der Waals surface area contributed by atoms with Crippen LogP contribution in [0.15, 0.2) is 53.4 Å². The number of amides is 2. The molecule has 0 saturated carbocycles. The molecule has 0 radical (unpaired) electrons. The van der Waals surface area contributed by atoms with Crippen molar-refractivity contribution in [3.05, 3.63) is 87.7 Å². The topological polar surface area (TPSA) is 83.6 Å². The normalized spacial score (nSPS) is 13.5. The van der Waals surface area contributed by atoms with Crippen LogP contribution in [-0.4, -0.2) is 20.2 Å². The number of fused-ring (bicyclic) bond motifs is 1. The number of imide groups is 1. The molecule has 0 fully saturated rings. The predicted octanol–water partition coefficient (Wildman–Crippen LogP) is 4.67. The highest BCUT2D eigenvalue weighted by Gasteiger charge is 2.37. The average Bonchev–Trinajstić information content (AvgIpc) is 2.96. The Hall–Kier alpha value is -3.37. The summed E-state index contributed by atoms with van der Waals surface area (Å²) in [6.07, 6.45) is 0. The Morgan fingerprint density at radius 1 is 0.875 bits per heavy atom. The van der Waals surface area contributed by atoms with Crippen LogP contribution in [0, 0.1) is 24.4 Å². The number of nitrogens with zero attached hydrogens (tertiary/aromatic N) is 1. The number of hydrogen-bond donors (Lipinski definition) is 1. The Labute approximate surface area is 185 Å². The van der Waals surface area contributed by atoms with Crippen LogP contribution in [0.1, 0.15) is 26.3 Å². The fourth-order valence-electron chi connectivity index (χ4n) is 3.33. The lowest BCUT2D eigenvalue weighted by Crippen LogP contribution is -2.30. The molecule has 1 aliphatic rings. The lowest BCUT2D eigenvalue weighted by Gasteiger charge is -2.18. The SMILES string of the molecule is Cc1cc(NS(=O)(=O)c2ccc(F)c(F)c2F)ccc1N1C(=O)c2ccc(Cl)cc2C1=O. The van der Waals surface area contributed by atoms with Gasteiger partial charge in [0.1, 0.15) is 4.90 Å². The molecule has 0 aromatic heterocycles. The zero-order valence-corrected chi connectivity index (χ0v) is 17.7. The molecule has 6 nitrogen and oxygen atoms in total. The number of sulfonamides is 1. The smallest absolute Gasteiger partial charge is 0.266 e. The summed E-state index contributed by atoms with van der Waals surface area (Å²) in [6, 6.07) is 9.28. The van der Waals surface area contributed by atoms with E-state index in [-0.39, 0.29) is 27.5 Å². The van der Waals surface area contributed by atoms with Crippen LogP contribution >= 0.6 is 11.6 Å². The van der Waals surface area contributed by atoms with Gasteiger partial charge >= 0.3 is 0 Å². The van der Waals surface area contributed by atoms with Gasteiger partial charge in [0.15, 0.2) is 17.5 Å². The molecule has 1 N–H and O–H groups in total. The van der Waals surface area contributed by atoms with Gasteiger partial charge in [-0.3, -0.25) is 14.3 Å². The van der Waals surface area contributed by atoms with Crippen molar-refractivity contribution in [3.63, 3.8) is 0 Å². The molecular weight excluding hydrogens is 469 g/mol. The average molecular weight is 481 g/mol. The molecule has 3 aromatic rings. The summed E-state index contributed by atoms with van der Waals surface area (Å²) < 4.78 is 67.4. The van der Waals surface area contributed by atoms with Crippen molar-refractivity contribution in [3.8, 4) is 0 Å². The van der Waals surface area contributed by atoms with E-state index in [0.717, 1.165) is 4.90 Å². The molecule has 32 heavy (non-hydrogen) atoms. The van der Waals surface area contributed by atoms with Gasteiger partial charge in [0, 0.05) is 10.7 Å². The van der Waals surface area contributed by atoms with Crippen LogP contribution in [0.3, 0.4) is 0 Å². The van der Waals surface area contributed by atoms with Crippen molar-refractivity contribution in [1.29, 1.82) is 0 Å². The van der Waals surface area contributed by atoms with Gasteiger partial charge in [-0.15, -0.1) is 0 Å². The predicted molar refractivity (Wildman–Crippen MR) is 111 cm³/mol. The van der Waals surface area contributed by atoms with Crippen LogP contribution in [0.5, 0.6) is 0 Å². The van der Waals surface area contributed by atoms with E-state index in [1.807, 2.05) is 0 Å². The minimum absolute atomic E-state index is 0.0463. The number of aryl methyl sites for hydroxylation is 1. The summed E-state index contributed by atoms with van der Waals surface area (Å²) in [7, 11) is -4.60. The van der Waals surface area contributed by atoms with E-state index in [0.29, 0.717) is 17.7 Å². The zero-order chi connectivity index (χ0) is 23.4. The molecule has 0 unspecified atom stereocenters. The minimum atomic E-state index is -4.60. The zero-order valence-electron chi connectivity index (χ0n) is 16.1. The van der Waals surface area contributed by atoms with Crippen molar-refractivity contribution in [2.24, 2.45) is 0 Å². The number of carbonyl (C=O) groups is 2. The molecule has 1 aliphatic heterocycles. The van der Waals surface area contributed by atoms with E-state index >= 15 is 0 Å². The van der Waals surface area contributed by atoms with Gasteiger partial charge in [0.2, 0.25) is 0 Å². The third-order valence-corrected chi connectivity index (χ3v) is 6.46. The molecule has 4 rings (SSSR count). The molecule has 1 heterocycles. The third kappa shape index (κ3) is 3.51. The number of hydrogen-bond acceptors (Lipinski definition) is 4. The Morgan fingerprint density at radius 3 is 2.25 bits per heavy atom. The van der Waals surface area contributed by atoms with E-state index in [9.17, 15) is 31.2 Å². The number of nitrogens with one attached hydrogen (secondary N) is 1. The number of rotatable bonds is 4. The number of halogens is 4. The van der Waals surface area contributed by atoms with Crippen molar-refractivity contribution in [2.75, 3.05) is 9.62 Å². The highest BCUT2D eigenvalue weighted by Crippen LogP contribution is 2.33. The maximum atomic E-state index is 13.9. The molecule has 11 heteroatoms. The summed E-state index contributed by atoms with van der Waals surface area (Å²) in [5, 5.41) is 0.290. The van der Waals surface area contributed by atoms with E-state index in [1.165, 1.54) is 43.3 Å². The maximum absolute atomic E-state index is 13.9. The van der Waals surface area contributed by atoms with Gasteiger partial charge in [0.25, 0.3) is 21.8 Å². The number of anilines is 2. The first kappa shape index (κ1) is 21.8.